The molecule has 1 aliphatic heterocycles. The van der Waals surface area contributed by atoms with Crippen LogP contribution in [0.4, 0.5) is 0 Å². The van der Waals surface area contributed by atoms with Crippen molar-refractivity contribution >= 4 is 0 Å². The van der Waals surface area contributed by atoms with Gasteiger partial charge in [0.1, 0.15) is 6.23 Å². The number of methoxy groups -OCH3 is 1. The normalized spacial score (nSPS) is 20.5. The van der Waals surface area contributed by atoms with Gasteiger partial charge in [-0.3, -0.25) is 4.57 Å². The van der Waals surface area contributed by atoms with Crippen LogP contribution in [-0.4, -0.2) is 23.3 Å². The van der Waals surface area contributed by atoms with E-state index >= 15 is 0 Å². The van der Waals surface area contributed by atoms with Crippen molar-refractivity contribution in [3.8, 4) is 5.88 Å². The Morgan fingerprint density at radius 2 is 2.47 bits per heavy atom. The molecule has 1 atom stereocenters. The molecule has 1 unspecified atom stereocenters. The molecule has 5 heteroatoms. The number of ether oxygens (including phenoxy) is 2. The molecular formula is C10H14N2O3. The van der Waals surface area contributed by atoms with Gasteiger partial charge in [0.15, 0.2) is 0 Å². The minimum absolute atomic E-state index is 0.158. The quantitative estimate of drug-likeness (QED) is 0.726. The molecular weight excluding hydrogens is 196 g/mol. The zero-order valence-electron chi connectivity index (χ0n) is 8.90. The smallest absolute Gasteiger partial charge is 0.352 e. The highest BCUT2D eigenvalue weighted by Gasteiger charge is 2.19. The van der Waals surface area contributed by atoms with E-state index in [2.05, 4.69) is 4.98 Å². The molecule has 2 heterocycles. The van der Waals surface area contributed by atoms with Crippen molar-refractivity contribution in [2.75, 3.05) is 13.7 Å². The van der Waals surface area contributed by atoms with E-state index in [1.807, 2.05) is 6.92 Å². The van der Waals surface area contributed by atoms with Crippen molar-refractivity contribution in [3.05, 3.63) is 22.2 Å². The van der Waals surface area contributed by atoms with Gasteiger partial charge in [-0.2, -0.15) is 4.98 Å². The lowest BCUT2D eigenvalue weighted by Gasteiger charge is -2.14. The summed E-state index contributed by atoms with van der Waals surface area (Å²) in [6.45, 7) is 2.57. The van der Waals surface area contributed by atoms with Crippen LogP contribution in [0, 0.1) is 6.92 Å². The van der Waals surface area contributed by atoms with Crippen LogP contribution in [0.15, 0.2) is 11.0 Å². The molecule has 1 saturated heterocycles. The largest absolute Gasteiger partial charge is 0.481 e. The molecule has 15 heavy (non-hydrogen) atoms. The van der Waals surface area contributed by atoms with Gasteiger partial charge >= 0.3 is 5.69 Å². The summed E-state index contributed by atoms with van der Waals surface area (Å²) < 4.78 is 11.9. The second kappa shape index (κ2) is 4.02. The molecule has 0 amide bonds. The zero-order valence-corrected chi connectivity index (χ0v) is 8.90. The molecule has 5 nitrogen and oxygen atoms in total. The van der Waals surface area contributed by atoms with E-state index in [9.17, 15) is 4.79 Å². The van der Waals surface area contributed by atoms with E-state index in [1.165, 1.54) is 11.7 Å². The molecule has 1 aromatic rings. The van der Waals surface area contributed by atoms with Crippen LogP contribution in [0.25, 0.3) is 0 Å². The molecule has 0 saturated carbocycles. The lowest BCUT2D eigenvalue weighted by Crippen LogP contribution is -2.27. The van der Waals surface area contributed by atoms with Crippen molar-refractivity contribution in [2.24, 2.45) is 0 Å². The second-order valence-corrected chi connectivity index (χ2v) is 3.59. The van der Waals surface area contributed by atoms with E-state index in [0.717, 1.165) is 18.4 Å². The van der Waals surface area contributed by atoms with Gasteiger partial charge in [-0.05, 0) is 19.8 Å². The average molecular weight is 210 g/mol. The molecule has 1 aliphatic rings. The van der Waals surface area contributed by atoms with Crippen LogP contribution in [0.3, 0.4) is 0 Å². The van der Waals surface area contributed by atoms with Crippen LogP contribution in [0.2, 0.25) is 0 Å². The first-order valence-electron chi connectivity index (χ1n) is 4.98. The Bertz CT molecular complexity index is 408. The van der Waals surface area contributed by atoms with E-state index in [0.29, 0.717) is 12.5 Å². The van der Waals surface area contributed by atoms with Crippen molar-refractivity contribution in [1.82, 2.24) is 9.55 Å². The molecule has 0 spiro atoms. The Hall–Kier alpha value is -1.36. The van der Waals surface area contributed by atoms with Crippen molar-refractivity contribution < 1.29 is 9.47 Å². The fraction of sp³-hybridized carbons (Fsp3) is 0.600. The predicted octanol–water partition coefficient (Wildman–Crippen LogP) is 0.869. The maximum Gasteiger partial charge on any atom is 0.352 e. The lowest BCUT2D eigenvalue weighted by molar-refractivity contribution is 0.0522. The maximum atomic E-state index is 11.6. The Kier molecular flexibility index (Phi) is 2.73. The van der Waals surface area contributed by atoms with Crippen LogP contribution in [0.1, 0.15) is 24.6 Å². The van der Waals surface area contributed by atoms with E-state index < -0.39 is 0 Å². The fourth-order valence-electron chi connectivity index (χ4n) is 1.74. The summed E-state index contributed by atoms with van der Waals surface area (Å²) >= 11 is 0. The summed E-state index contributed by atoms with van der Waals surface area (Å²) in [7, 11) is 1.51. The molecule has 82 valence electrons. The summed E-state index contributed by atoms with van der Waals surface area (Å²) in [5, 5.41) is 0. The molecule has 0 N–H and O–H groups in total. The van der Waals surface area contributed by atoms with Gasteiger partial charge in [-0.25, -0.2) is 4.79 Å². The molecule has 0 radical (unpaired) electrons. The summed E-state index contributed by atoms with van der Waals surface area (Å²) in [5.41, 5.74) is 0.525. The topological polar surface area (TPSA) is 53.3 Å². The van der Waals surface area contributed by atoms with Crippen LogP contribution < -0.4 is 10.4 Å². The first-order chi connectivity index (χ1) is 7.22. The van der Waals surface area contributed by atoms with Gasteiger partial charge in [0.05, 0.1) is 7.11 Å². The number of rotatable bonds is 2. The minimum atomic E-state index is -0.315. The second-order valence-electron chi connectivity index (χ2n) is 3.59. The van der Waals surface area contributed by atoms with Crippen LogP contribution >= 0.6 is 0 Å². The zero-order chi connectivity index (χ0) is 10.8. The van der Waals surface area contributed by atoms with E-state index in [4.69, 9.17) is 9.47 Å². The van der Waals surface area contributed by atoms with Gasteiger partial charge in [0.2, 0.25) is 5.88 Å². The number of aryl methyl sites for hydroxylation is 1. The third-order valence-corrected chi connectivity index (χ3v) is 2.50. The summed E-state index contributed by atoms with van der Waals surface area (Å²) in [4.78, 5) is 15.5. The molecule has 2 rings (SSSR count). The first-order valence-corrected chi connectivity index (χ1v) is 4.98. The van der Waals surface area contributed by atoms with Gasteiger partial charge in [-0.1, -0.05) is 0 Å². The standard InChI is InChI=1S/C10H14N2O3/c1-7-6-12(8-4-3-5-15-8)10(13)11-9(7)14-2/h6,8H,3-5H2,1-2H3. The molecule has 0 aromatic carbocycles. The third-order valence-electron chi connectivity index (χ3n) is 2.50. The van der Waals surface area contributed by atoms with Gasteiger partial charge in [0, 0.05) is 18.4 Å². The predicted molar refractivity (Wildman–Crippen MR) is 54.0 cm³/mol. The fourth-order valence-corrected chi connectivity index (χ4v) is 1.74. The van der Waals surface area contributed by atoms with E-state index in [1.54, 1.807) is 6.20 Å². The number of hydrogen-bond acceptors (Lipinski definition) is 4. The highest BCUT2D eigenvalue weighted by molar-refractivity contribution is 5.20. The lowest BCUT2D eigenvalue weighted by atomic mass is 10.3. The highest BCUT2D eigenvalue weighted by Crippen LogP contribution is 2.22. The van der Waals surface area contributed by atoms with Crippen molar-refractivity contribution in [1.29, 1.82) is 0 Å². The Morgan fingerprint density at radius 3 is 3.07 bits per heavy atom. The number of nitrogens with zero attached hydrogens (tertiary/aromatic N) is 2. The average Bonchev–Trinajstić information content (AvgIpc) is 2.74. The van der Waals surface area contributed by atoms with Crippen LogP contribution in [0.5, 0.6) is 5.88 Å². The molecule has 1 fully saturated rings. The Balaban J connectivity index is 2.40. The Labute approximate surface area is 87.7 Å². The summed E-state index contributed by atoms with van der Waals surface area (Å²) in [6.07, 6.45) is 3.44. The summed E-state index contributed by atoms with van der Waals surface area (Å²) in [6, 6.07) is 0. The summed E-state index contributed by atoms with van der Waals surface area (Å²) in [5.74, 6) is 0.384. The minimum Gasteiger partial charge on any atom is -0.481 e. The molecule has 0 bridgehead atoms. The number of hydrogen-bond donors (Lipinski definition) is 0. The SMILES string of the molecule is COc1nc(=O)n(C2CCCO2)cc1C. The third kappa shape index (κ3) is 1.87. The monoisotopic (exact) mass is 210 g/mol. The Morgan fingerprint density at radius 1 is 1.67 bits per heavy atom. The van der Waals surface area contributed by atoms with Crippen molar-refractivity contribution in [2.45, 2.75) is 26.0 Å². The van der Waals surface area contributed by atoms with Gasteiger partial charge in [-0.15, -0.1) is 0 Å². The van der Waals surface area contributed by atoms with Gasteiger partial charge < -0.3 is 9.47 Å². The number of aromatic nitrogens is 2. The molecule has 0 aliphatic carbocycles. The van der Waals surface area contributed by atoms with Crippen molar-refractivity contribution in [3.63, 3.8) is 0 Å². The molecule has 1 aromatic heterocycles. The van der Waals surface area contributed by atoms with Gasteiger partial charge in [0.25, 0.3) is 0 Å². The van der Waals surface area contributed by atoms with Crippen LogP contribution in [-0.2, 0) is 4.74 Å². The maximum absolute atomic E-state index is 11.6. The van der Waals surface area contributed by atoms with E-state index in [-0.39, 0.29) is 11.9 Å². The first kappa shape index (κ1) is 10.2. The highest BCUT2D eigenvalue weighted by atomic mass is 16.5.